The summed E-state index contributed by atoms with van der Waals surface area (Å²) in [7, 11) is 1.40. The lowest BCUT2D eigenvalue weighted by atomic mass is 9.86. The molecule has 1 aromatic carbocycles. The monoisotopic (exact) mass is 235 g/mol. The van der Waals surface area contributed by atoms with Crippen LogP contribution in [0.5, 0.6) is 5.75 Å². The molecule has 0 radical (unpaired) electrons. The quantitative estimate of drug-likeness (QED) is 0.761. The van der Waals surface area contributed by atoms with Crippen LogP contribution in [0, 0.1) is 0 Å². The Morgan fingerprint density at radius 2 is 2.24 bits per heavy atom. The van der Waals surface area contributed by atoms with Crippen molar-refractivity contribution in [3.05, 3.63) is 29.8 Å². The van der Waals surface area contributed by atoms with Crippen LogP contribution in [0.15, 0.2) is 24.3 Å². The maximum atomic E-state index is 11.5. The summed E-state index contributed by atoms with van der Waals surface area (Å²) in [6.07, 6.45) is 1.59. The summed E-state index contributed by atoms with van der Waals surface area (Å²) in [4.78, 5) is 11.5. The number of para-hydroxylation sites is 1. The first-order chi connectivity index (χ1) is 8.22. The Labute approximate surface area is 101 Å². The lowest BCUT2D eigenvalue weighted by Crippen LogP contribution is -2.43. The molecule has 2 unspecified atom stereocenters. The van der Waals surface area contributed by atoms with Crippen LogP contribution >= 0.6 is 0 Å². The number of aromatic hydroxyl groups is 1. The smallest absolute Gasteiger partial charge is 0.322 e. The van der Waals surface area contributed by atoms with Gasteiger partial charge in [-0.1, -0.05) is 18.2 Å². The van der Waals surface area contributed by atoms with E-state index in [0.29, 0.717) is 12.2 Å². The van der Waals surface area contributed by atoms with Crippen molar-refractivity contribution in [3.63, 3.8) is 0 Å². The van der Waals surface area contributed by atoms with Gasteiger partial charge in [-0.2, -0.15) is 0 Å². The summed E-state index contributed by atoms with van der Waals surface area (Å²) in [6.45, 7) is 0.763. The van der Waals surface area contributed by atoms with Gasteiger partial charge in [0, 0.05) is 0 Å². The molecule has 2 rings (SSSR count). The molecular formula is C13H17NO3. The van der Waals surface area contributed by atoms with Gasteiger partial charge in [-0.25, -0.2) is 0 Å². The molecular weight excluding hydrogens is 218 g/mol. The molecule has 1 fully saturated rings. The molecule has 1 heterocycles. The molecule has 1 saturated heterocycles. The molecule has 1 aliphatic heterocycles. The molecule has 4 heteroatoms. The van der Waals surface area contributed by atoms with Crippen molar-refractivity contribution >= 4 is 5.97 Å². The highest BCUT2D eigenvalue weighted by Crippen LogP contribution is 2.33. The summed E-state index contributed by atoms with van der Waals surface area (Å²) in [6, 6.07) is 7.05. The molecule has 2 atom stereocenters. The normalized spacial score (nSPS) is 24.3. The van der Waals surface area contributed by atoms with Gasteiger partial charge in [0.2, 0.25) is 0 Å². The maximum Gasteiger partial charge on any atom is 0.322 e. The van der Waals surface area contributed by atoms with Gasteiger partial charge in [-0.15, -0.1) is 0 Å². The van der Waals surface area contributed by atoms with Gasteiger partial charge >= 0.3 is 5.97 Å². The van der Waals surface area contributed by atoms with Crippen molar-refractivity contribution in [1.29, 1.82) is 0 Å². The summed E-state index contributed by atoms with van der Waals surface area (Å²) in [5.41, 5.74) is 0.919. The summed E-state index contributed by atoms with van der Waals surface area (Å²) >= 11 is 0. The predicted octanol–water partition coefficient (Wildman–Crippen LogP) is 1.40. The third kappa shape index (κ3) is 2.58. The van der Waals surface area contributed by atoms with E-state index in [1.165, 1.54) is 7.11 Å². The van der Waals surface area contributed by atoms with Crippen LogP contribution in [-0.4, -0.2) is 30.8 Å². The van der Waals surface area contributed by atoms with Crippen molar-refractivity contribution in [3.8, 4) is 5.75 Å². The SMILES string of the molecule is COC(=O)C1CC(c2ccccc2O)CCN1. The molecule has 0 bridgehead atoms. The molecule has 0 amide bonds. The number of ether oxygens (including phenoxy) is 1. The summed E-state index contributed by atoms with van der Waals surface area (Å²) < 4.78 is 4.74. The topological polar surface area (TPSA) is 58.6 Å². The summed E-state index contributed by atoms with van der Waals surface area (Å²) in [5.74, 6) is 0.287. The Morgan fingerprint density at radius 1 is 1.47 bits per heavy atom. The zero-order chi connectivity index (χ0) is 12.3. The van der Waals surface area contributed by atoms with Crippen LogP contribution in [0.4, 0.5) is 0 Å². The first-order valence-corrected chi connectivity index (χ1v) is 5.81. The number of carbonyl (C=O) groups is 1. The van der Waals surface area contributed by atoms with Crippen molar-refractivity contribution < 1.29 is 14.6 Å². The van der Waals surface area contributed by atoms with Gasteiger partial charge in [0.25, 0.3) is 0 Å². The molecule has 0 aromatic heterocycles. The summed E-state index contributed by atoms with van der Waals surface area (Å²) in [5, 5.41) is 12.9. The molecule has 0 saturated carbocycles. The fourth-order valence-corrected chi connectivity index (χ4v) is 2.35. The molecule has 0 spiro atoms. The van der Waals surface area contributed by atoms with E-state index < -0.39 is 0 Å². The van der Waals surface area contributed by atoms with Gasteiger partial charge in [-0.05, 0) is 36.9 Å². The highest BCUT2D eigenvalue weighted by Gasteiger charge is 2.29. The number of hydrogen-bond acceptors (Lipinski definition) is 4. The standard InChI is InChI=1S/C13H17NO3/c1-17-13(16)11-8-9(6-7-14-11)10-4-2-3-5-12(10)15/h2-5,9,11,14-15H,6-8H2,1H3. The minimum absolute atomic E-state index is 0.210. The van der Waals surface area contributed by atoms with Crippen molar-refractivity contribution in [2.75, 3.05) is 13.7 Å². The molecule has 0 aliphatic carbocycles. The molecule has 1 aromatic rings. The number of benzene rings is 1. The first kappa shape index (κ1) is 11.9. The second-order valence-electron chi connectivity index (χ2n) is 4.31. The van der Waals surface area contributed by atoms with E-state index >= 15 is 0 Å². The number of methoxy groups -OCH3 is 1. The van der Waals surface area contributed by atoms with E-state index in [1.54, 1.807) is 12.1 Å². The van der Waals surface area contributed by atoms with Crippen molar-refractivity contribution in [2.24, 2.45) is 0 Å². The molecule has 92 valence electrons. The lowest BCUT2D eigenvalue weighted by Gasteiger charge is -2.29. The maximum absolute atomic E-state index is 11.5. The second-order valence-corrected chi connectivity index (χ2v) is 4.31. The fourth-order valence-electron chi connectivity index (χ4n) is 2.35. The predicted molar refractivity (Wildman–Crippen MR) is 63.9 cm³/mol. The highest BCUT2D eigenvalue weighted by atomic mass is 16.5. The number of esters is 1. The largest absolute Gasteiger partial charge is 0.508 e. The van der Waals surface area contributed by atoms with Crippen LogP contribution in [0.3, 0.4) is 0 Å². The average molecular weight is 235 g/mol. The van der Waals surface area contributed by atoms with Gasteiger partial charge in [0.15, 0.2) is 0 Å². The fraction of sp³-hybridized carbons (Fsp3) is 0.462. The Balaban J connectivity index is 2.12. The van der Waals surface area contributed by atoms with E-state index in [0.717, 1.165) is 18.5 Å². The number of nitrogens with one attached hydrogen (secondary N) is 1. The average Bonchev–Trinajstić information content (AvgIpc) is 2.38. The second kappa shape index (κ2) is 5.19. The molecule has 2 N–H and O–H groups in total. The molecule has 17 heavy (non-hydrogen) atoms. The van der Waals surface area contributed by atoms with E-state index in [-0.39, 0.29) is 17.9 Å². The van der Waals surface area contributed by atoms with Crippen LogP contribution in [0.1, 0.15) is 24.3 Å². The Hall–Kier alpha value is -1.55. The number of rotatable bonds is 2. The number of phenols is 1. The van der Waals surface area contributed by atoms with Crippen LogP contribution in [-0.2, 0) is 9.53 Å². The number of carbonyl (C=O) groups excluding carboxylic acids is 1. The Bertz CT molecular complexity index is 405. The van der Waals surface area contributed by atoms with E-state index in [2.05, 4.69) is 5.32 Å². The minimum Gasteiger partial charge on any atom is -0.508 e. The Kier molecular flexibility index (Phi) is 3.64. The van der Waals surface area contributed by atoms with Crippen LogP contribution in [0.2, 0.25) is 0 Å². The minimum atomic E-state index is -0.265. The highest BCUT2D eigenvalue weighted by molar-refractivity contribution is 5.75. The van der Waals surface area contributed by atoms with Gasteiger partial charge in [0.1, 0.15) is 11.8 Å². The third-order valence-electron chi connectivity index (χ3n) is 3.27. The van der Waals surface area contributed by atoms with Gasteiger partial charge < -0.3 is 15.2 Å². The van der Waals surface area contributed by atoms with Crippen molar-refractivity contribution in [1.82, 2.24) is 5.32 Å². The zero-order valence-electron chi connectivity index (χ0n) is 9.85. The number of phenolic OH excluding ortho intramolecular Hbond substituents is 1. The van der Waals surface area contributed by atoms with E-state index in [4.69, 9.17) is 4.74 Å². The van der Waals surface area contributed by atoms with Crippen LogP contribution < -0.4 is 5.32 Å². The number of hydrogen-bond donors (Lipinski definition) is 2. The van der Waals surface area contributed by atoms with Crippen molar-refractivity contribution in [2.45, 2.75) is 24.8 Å². The Morgan fingerprint density at radius 3 is 2.94 bits per heavy atom. The number of piperidine rings is 1. The van der Waals surface area contributed by atoms with E-state index in [9.17, 15) is 9.90 Å². The first-order valence-electron chi connectivity index (χ1n) is 5.81. The zero-order valence-corrected chi connectivity index (χ0v) is 9.85. The van der Waals surface area contributed by atoms with Crippen LogP contribution in [0.25, 0.3) is 0 Å². The van der Waals surface area contributed by atoms with Gasteiger partial charge in [0.05, 0.1) is 7.11 Å². The molecule has 4 nitrogen and oxygen atoms in total. The lowest BCUT2D eigenvalue weighted by molar-refractivity contribution is -0.143. The molecule has 1 aliphatic rings. The third-order valence-corrected chi connectivity index (χ3v) is 3.27. The van der Waals surface area contributed by atoms with E-state index in [1.807, 2.05) is 12.1 Å². The van der Waals surface area contributed by atoms with Gasteiger partial charge in [-0.3, -0.25) is 4.79 Å².